The Morgan fingerprint density at radius 3 is 2.85 bits per heavy atom. The molecule has 0 spiro atoms. The molecule has 4 nitrogen and oxygen atoms in total. The smallest absolute Gasteiger partial charge is 0.338 e. The zero-order valence-electron chi connectivity index (χ0n) is 7.28. The first kappa shape index (κ1) is 9.54. The van der Waals surface area contributed by atoms with Crippen molar-refractivity contribution < 1.29 is 14.6 Å². The van der Waals surface area contributed by atoms with E-state index in [0.29, 0.717) is 5.56 Å². The number of hydrogen-bond donors (Lipinski definition) is 2. The average molecular weight is 181 g/mol. The number of rotatable bonds is 3. The largest absolute Gasteiger partial charge is 0.478 e. The lowest BCUT2D eigenvalue weighted by Crippen LogP contribution is -2.07. The van der Waals surface area contributed by atoms with E-state index >= 15 is 0 Å². The Balaban J connectivity index is 3.17. The first-order valence-corrected chi connectivity index (χ1v) is 3.76. The molecule has 0 fully saturated rings. The van der Waals surface area contributed by atoms with Crippen molar-refractivity contribution in [3.63, 3.8) is 0 Å². The fourth-order valence-electron chi connectivity index (χ4n) is 1.16. The van der Waals surface area contributed by atoms with E-state index in [4.69, 9.17) is 15.6 Å². The minimum absolute atomic E-state index is 0.129. The van der Waals surface area contributed by atoms with E-state index in [2.05, 4.69) is 0 Å². The molecule has 0 aliphatic heterocycles. The maximum Gasteiger partial charge on any atom is 0.338 e. The zero-order chi connectivity index (χ0) is 9.84. The summed E-state index contributed by atoms with van der Waals surface area (Å²) in [6.45, 7) is 0.257. The number of aromatic carboxylic acids is 1. The summed E-state index contributed by atoms with van der Waals surface area (Å²) in [6, 6.07) is 4.95. The van der Waals surface area contributed by atoms with Crippen LogP contribution in [0.15, 0.2) is 18.2 Å². The number of carboxylic acid groups (broad SMARTS) is 1. The van der Waals surface area contributed by atoms with E-state index in [0.717, 1.165) is 0 Å². The van der Waals surface area contributed by atoms with Crippen molar-refractivity contribution in [2.75, 3.05) is 12.8 Å². The van der Waals surface area contributed by atoms with Crippen LogP contribution in [-0.4, -0.2) is 18.2 Å². The summed E-state index contributed by atoms with van der Waals surface area (Å²) in [5, 5.41) is 8.84. The van der Waals surface area contributed by atoms with Gasteiger partial charge in [-0.15, -0.1) is 0 Å². The number of benzene rings is 1. The topological polar surface area (TPSA) is 72.5 Å². The molecular weight excluding hydrogens is 170 g/mol. The van der Waals surface area contributed by atoms with Crippen LogP contribution < -0.4 is 5.73 Å². The summed E-state index contributed by atoms with van der Waals surface area (Å²) in [4.78, 5) is 10.8. The van der Waals surface area contributed by atoms with Gasteiger partial charge < -0.3 is 15.6 Å². The van der Waals surface area contributed by atoms with Crippen LogP contribution in [-0.2, 0) is 11.3 Å². The van der Waals surface area contributed by atoms with Crippen molar-refractivity contribution in [2.45, 2.75) is 6.61 Å². The zero-order valence-corrected chi connectivity index (χ0v) is 7.28. The van der Waals surface area contributed by atoms with Crippen molar-refractivity contribution in [3.8, 4) is 0 Å². The third-order valence-corrected chi connectivity index (χ3v) is 1.70. The second kappa shape index (κ2) is 3.91. The Kier molecular flexibility index (Phi) is 2.87. The molecule has 0 amide bonds. The fourth-order valence-corrected chi connectivity index (χ4v) is 1.16. The van der Waals surface area contributed by atoms with Gasteiger partial charge in [0.05, 0.1) is 12.2 Å². The second-order valence-electron chi connectivity index (χ2n) is 2.62. The predicted octanol–water partition coefficient (Wildman–Crippen LogP) is 1.11. The lowest BCUT2D eigenvalue weighted by Gasteiger charge is -2.06. The van der Waals surface area contributed by atoms with Gasteiger partial charge in [0.25, 0.3) is 0 Å². The number of anilines is 1. The number of nitrogen functional groups attached to an aromatic ring is 1. The van der Waals surface area contributed by atoms with Crippen molar-refractivity contribution in [3.05, 3.63) is 29.3 Å². The number of methoxy groups -OCH3 is 1. The monoisotopic (exact) mass is 181 g/mol. The van der Waals surface area contributed by atoms with Gasteiger partial charge in [0.15, 0.2) is 0 Å². The molecule has 0 heterocycles. The van der Waals surface area contributed by atoms with E-state index in [1.54, 1.807) is 18.2 Å². The highest BCUT2D eigenvalue weighted by atomic mass is 16.5. The number of nitrogens with two attached hydrogens (primary N) is 1. The van der Waals surface area contributed by atoms with E-state index in [1.165, 1.54) is 7.11 Å². The molecule has 0 saturated heterocycles. The van der Waals surface area contributed by atoms with Crippen LogP contribution in [0, 0.1) is 0 Å². The lowest BCUT2D eigenvalue weighted by molar-refractivity contribution is 0.0693. The van der Waals surface area contributed by atoms with Gasteiger partial charge in [-0.25, -0.2) is 4.79 Å². The summed E-state index contributed by atoms with van der Waals surface area (Å²) >= 11 is 0. The minimum Gasteiger partial charge on any atom is -0.478 e. The molecule has 0 unspecified atom stereocenters. The molecule has 13 heavy (non-hydrogen) atoms. The van der Waals surface area contributed by atoms with Crippen LogP contribution in [0.25, 0.3) is 0 Å². The van der Waals surface area contributed by atoms with E-state index < -0.39 is 5.97 Å². The Morgan fingerprint density at radius 1 is 1.62 bits per heavy atom. The molecular formula is C9H11NO3. The Labute approximate surface area is 75.9 Å². The Bertz CT molecular complexity index is 323. The highest BCUT2D eigenvalue weighted by Gasteiger charge is 2.12. The third kappa shape index (κ3) is 1.97. The standard InChI is InChI=1S/C9H11NO3/c1-13-5-6-3-2-4-7(10)8(6)9(11)12/h2-4H,5,10H2,1H3,(H,11,12). The van der Waals surface area contributed by atoms with Gasteiger partial charge in [0.2, 0.25) is 0 Å². The molecule has 0 aromatic heterocycles. The summed E-state index contributed by atoms with van der Waals surface area (Å²) in [5.41, 5.74) is 6.50. The number of ether oxygens (including phenoxy) is 1. The van der Waals surface area contributed by atoms with Gasteiger partial charge >= 0.3 is 5.97 Å². The number of hydrogen-bond acceptors (Lipinski definition) is 3. The van der Waals surface area contributed by atoms with E-state index in [9.17, 15) is 4.79 Å². The van der Waals surface area contributed by atoms with Crippen molar-refractivity contribution in [1.82, 2.24) is 0 Å². The lowest BCUT2D eigenvalue weighted by atomic mass is 10.1. The summed E-state index contributed by atoms with van der Waals surface area (Å²) in [7, 11) is 1.51. The van der Waals surface area contributed by atoms with Gasteiger partial charge in [-0.2, -0.15) is 0 Å². The first-order chi connectivity index (χ1) is 6.16. The fraction of sp³-hybridized carbons (Fsp3) is 0.222. The molecule has 1 aromatic rings. The molecule has 0 radical (unpaired) electrons. The Morgan fingerprint density at radius 2 is 2.31 bits per heavy atom. The van der Waals surface area contributed by atoms with Crippen LogP contribution >= 0.6 is 0 Å². The van der Waals surface area contributed by atoms with Crippen LogP contribution in [0.4, 0.5) is 5.69 Å². The number of carboxylic acids is 1. The van der Waals surface area contributed by atoms with Crippen molar-refractivity contribution in [1.29, 1.82) is 0 Å². The van der Waals surface area contributed by atoms with Crippen LogP contribution in [0.1, 0.15) is 15.9 Å². The van der Waals surface area contributed by atoms with E-state index in [1.807, 2.05) is 0 Å². The quantitative estimate of drug-likeness (QED) is 0.685. The molecule has 1 aromatic carbocycles. The second-order valence-corrected chi connectivity index (χ2v) is 2.62. The van der Waals surface area contributed by atoms with Crippen LogP contribution in [0.3, 0.4) is 0 Å². The molecule has 0 aliphatic carbocycles. The summed E-state index contributed by atoms with van der Waals surface area (Å²) in [5.74, 6) is -1.02. The van der Waals surface area contributed by atoms with Crippen LogP contribution in [0.2, 0.25) is 0 Å². The van der Waals surface area contributed by atoms with Crippen molar-refractivity contribution in [2.24, 2.45) is 0 Å². The summed E-state index contributed by atoms with van der Waals surface area (Å²) in [6.07, 6.45) is 0. The third-order valence-electron chi connectivity index (χ3n) is 1.70. The highest BCUT2D eigenvalue weighted by Crippen LogP contribution is 2.17. The maximum atomic E-state index is 10.8. The molecule has 0 aliphatic rings. The highest BCUT2D eigenvalue weighted by molar-refractivity contribution is 5.95. The van der Waals surface area contributed by atoms with Gasteiger partial charge in [-0.05, 0) is 11.6 Å². The molecule has 1 rings (SSSR count). The van der Waals surface area contributed by atoms with Crippen LogP contribution in [0.5, 0.6) is 0 Å². The molecule has 0 atom stereocenters. The molecule has 0 bridgehead atoms. The Hall–Kier alpha value is -1.55. The first-order valence-electron chi connectivity index (χ1n) is 3.76. The number of carbonyl (C=O) groups is 1. The van der Waals surface area contributed by atoms with Crippen molar-refractivity contribution >= 4 is 11.7 Å². The van der Waals surface area contributed by atoms with Gasteiger partial charge in [0, 0.05) is 12.8 Å². The predicted molar refractivity (Wildman–Crippen MR) is 48.5 cm³/mol. The van der Waals surface area contributed by atoms with Gasteiger partial charge in [-0.3, -0.25) is 0 Å². The summed E-state index contributed by atoms with van der Waals surface area (Å²) < 4.78 is 4.85. The normalized spacial score (nSPS) is 9.92. The van der Waals surface area contributed by atoms with E-state index in [-0.39, 0.29) is 17.9 Å². The van der Waals surface area contributed by atoms with Gasteiger partial charge in [-0.1, -0.05) is 12.1 Å². The maximum absolute atomic E-state index is 10.8. The molecule has 4 heteroatoms. The SMILES string of the molecule is COCc1cccc(N)c1C(=O)O. The molecule has 3 N–H and O–H groups in total. The molecule has 0 saturated carbocycles. The molecule has 70 valence electrons. The van der Waals surface area contributed by atoms with Gasteiger partial charge in [0.1, 0.15) is 0 Å². The average Bonchev–Trinajstić information content (AvgIpc) is 2.04. The minimum atomic E-state index is -1.02.